The first kappa shape index (κ1) is 19.9. The maximum absolute atomic E-state index is 6.81. The lowest BCUT2D eigenvalue weighted by Gasteiger charge is -2.06. The molecule has 0 unspecified atom stereocenters. The minimum atomic E-state index is 1.05. The molecule has 0 saturated carbocycles. The predicted octanol–water partition coefficient (Wildman–Crippen LogP) is 11.4. The normalized spacial score (nSPS) is 13.0. The fraction of sp³-hybridized carbons (Fsp3) is 0.111. The lowest BCUT2D eigenvalue weighted by molar-refractivity contribution is 0.676. The number of hydrogen-bond donors (Lipinski definition) is 0. The highest BCUT2D eigenvalue weighted by Gasteiger charge is 2.28. The molecule has 0 spiro atoms. The van der Waals surface area contributed by atoms with Gasteiger partial charge in [-0.1, -0.05) is 17.7 Å². The van der Waals surface area contributed by atoms with Gasteiger partial charge in [-0.3, -0.25) is 0 Å². The van der Waals surface area contributed by atoms with Crippen molar-refractivity contribution in [2.45, 2.75) is 20.8 Å². The zero-order valence-corrected chi connectivity index (χ0v) is 23.7. The summed E-state index contributed by atoms with van der Waals surface area (Å²) in [5.74, 6) is 0. The van der Waals surface area contributed by atoms with Crippen LogP contribution in [0.5, 0.6) is 0 Å². The van der Waals surface area contributed by atoms with Gasteiger partial charge in [-0.2, -0.15) is 0 Å². The van der Waals surface area contributed by atoms with E-state index in [0.29, 0.717) is 0 Å². The standard InChI is InChI=1S/C27H15NOS6/c1-10-4-6-13(7-5-10)28-16-18-24(34-22(16)23-17(28)20-14(32-23)8-11(2)30-20)25-19(29-18)26-27(35-25)21-15(33-26)9-12(3)31-21/h4-9H,1-3H3. The first-order valence-corrected chi connectivity index (χ1v) is 16.2. The van der Waals surface area contributed by atoms with Crippen molar-refractivity contribution in [3.63, 3.8) is 0 Å². The van der Waals surface area contributed by atoms with Crippen molar-refractivity contribution < 1.29 is 4.42 Å². The number of fused-ring (bicyclic) bond motifs is 13. The summed E-state index contributed by atoms with van der Waals surface area (Å²) in [4.78, 5) is 2.75. The second kappa shape index (κ2) is 6.56. The zero-order chi connectivity index (χ0) is 23.2. The molecule has 2 nitrogen and oxygen atoms in total. The minimum absolute atomic E-state index is 1.05. The lowest BCUT2D eigenvalue weighted by Crippen LogP contribution is -1.92. The Morgan fingerprint density at radius 1 is 0.543 bits per heavy atom. The molecule has 0 N–H and O–H groups in total. The van der Waals surface area contributed by atoms with Crippen LogP contribution in [0.4, 0.5) is 0 Å². The third-order valence-electron chi connectivity index (χ3n) is 6.72. The van der Waals surface area contributed by atoms with E-state index in [1.165, 1.54) is 79.0 Å². The van der Waals surface area contributed by atoms with E-state index >= 15 is 0 Å². The van der Waals surface area contributed by atoms with Gasteiger partial charge in [0.2, 0.25) is 0 Å². The molecule has 0 saturated heterocycles. The van der Waals surface area contributed by atoms with Crippen LogP contribution < -0.4 is 0 Å². The van der Waals surface area contributed by atoms with E-state index in [4.69, 9.17) is 4.42 Å². The van der Waals surface area contributed by atoms with E-state index in [1.54, 1.807) is 0 Å². The summed E-state index contributed by atoms with van der Waals surface area (Å²) in [5.41, 5.74) is 7.18. The number of thiophene rings is 6. The highest BCUT2D eigenvalue weighted by atomic mass is 32.1. The molecule has 1 aromatic carbocycles. The third kappa shape index (κ3) is 2.43. The number of rotatable bonds is 1. The molecule has 170 valence electrons. The maximum atomic E-state index is 6.81. The molecule has 0 fully saturated rings. The minimum Gasteiger partial charge on any atom is -0.450 e. The summed E-state index contributed by atoms with van der Waals surface area (Å²) < 4.78 is 23.0. The summed E-state index contributed by atoms with van der Waals surface area (Å²) >= 11 is 11.5. The van der Waals surface area contributed by atoms with Gasteiger partial charge in [0.05, 0.1) is 43.1 Å². The molecule has 0 aliphatic carbocycles. The van der Waals surface area contributed by atoms with E-state index in [0.717, 1.165) is 11.2 Å². The van der Waals surface area contributed by atoms with Gasteiger partial charge in [-0.05, 0) is 45.0 Å². The molecular weight excluding hydrogens is 547 g/mol. The van der Waals surface area contributed by atoms with Crippen molar-refractivity contribution in [3.8, 4) is 5.69 Å². The van der Waals surface area contributed by atoms with Crippen molar-refractivity contribution in [3.05, 3.63) is 51.7 Å². The predicted molar refractivity (Wildman–Crippen MR) is 162 cm³/mol. The monoisotopic (exact) mass is 561 g/mol. The van der Waals surface area contributed by atoms with Crippen LogP contribution in [-0.4, -0.2) is 4.57 Å². The Kier molecular flexibility index (Phi) is 3.74. The molecule has 8 aromatic heterocycles. The number of benzene rings is 1. The first-order chi connectivity index (χ1) is 17.0. The van der Waals surface area contributed by atoms with Gasteiger partial charge in [0.1, 0.15) is 5.52 Å². The smallest absolute Gasteiger partial charge is 0.171 e. The van der Waals surface area contributed by atoms with Crippen molar-refractivity contribution >= 4 is 137 Å². The van der Waals surface area contributed by atoms with Crippen molar-refractivity contribution in [2.75, 3.05) is 0 Å². The molecule has 35 heavy (non-hydrogen) atoms. The SMILES string of the molecule is Cc1ccc(-n2c3c4oc5c(sc6c7sc(C)cc7sc56)c4sc3c3sc4cc(C)sc4c32)cc1. The Balaban J connectivity index is 1.47. The number of furan rings is 1. The quantitative estimate of drug-likeness (QED) is 0.195. The molecule has 9 rings (SSSR count). The van der Waals surface area contributed by atoms with Crippen LogP contribution in [-0.2, 0) is 0 Å². The number of aromatic nitrogens is 1. The van der Waals surface area contributed by atoms with Crippen LogP contribution >= 0.6 is 68.0 Å². The average Bonchev–Trinajstić information content (AvgIpc) is 3.63. The zero-order valence-electron chi connectivity index (χ0n) is 18.8. The Hall–Kier alpha value is -2.20. The molecule has 8 heteroatoms. The van der Waals surface area contributed by atoms with Gasteiger partial charge in [-0.15, -0.1) is 68.0 Å². The summed E-state index contributed by atoms with van der Waals surface area (Å²) in [6.45, 7) is 6.56. The van der Waals surface area contributed by atoms with Crippen LogP contribution in [0.15, 0.2) is 40.8 Å². The van der Waals surface area contributed by atoms with E-state index in [2.05, 4.69) is 61.7 Å². The fourth-order valence-electron chi connectivity index (χ4n) is 5.24. The van der Waals surface area contributed by atoms with E-state index in [9.17, 15) is 0 Å². The highest BCUT2D eigenvalue weighted by molar-refractivity contribution is 7.43. The van der Waals surface area contributed by atoms with Crippen molar-refractivity contribution in [2.24, 2.45) is 0 Å². The second-order valence-electron chi connectivity index (χ2n) is 9.11. The Morgan fingerprint density at radius 2 is 1.14 bits per heavy atom. The first-order valence-electron chi connectivity index (χ1n) is 11.3. The van der Waals surface area contributed by atoms with Crippen molar-refractivity contribution in [1.82, 2.24) is 4.57 Å². The Labute approximate surface area is 222 Å². The number of nitrogens with zero attached hydrogens (tertiary/aromatic N) is 1. The molecule has 9 aromatic rings. The highest BCUT2D eigenvalue weighted by Crippen LogP contribution is 2.55. The fourth-order valence-corrected chi connectivity index (χ4v) is 13.3. The van der Waals surface area contributed by atoms with Crippen molar-refractivity contribution in [1.29, 1.82) is 0 Å². The van der Waals surface area contributed by atoms with Gasteiger partial charge in [0.15, 0.2) is 11.2 Å². The van der Waals surface area contributed by atoms with Gasteiger partial charge < -0.3 is 8.98 Å². The van der Waals surface area contributed by atoms with Crippen LogP contribution in [0.3, 0.4) is 0 Å². The molecular formula is C27H15NOS6. The summed E-state index contributed by atoms with van der Waals surface area (Å²) in [7, 11) is 0. The molecule has 8 heterocycles. The summed E-state index contributed by atoms with van der Waals surface area (Å²) in [5, 5.41) is 0. The molecule has 0 atom stereocenters. The summed E-state index contributed by atoms with van der Waals surface area (Å²) in [6, 6.07) is 13.6. The van der Waals surface area contributed by atoms with E-state index in [-0.39, 0.29) is 0 Å². The largest absolute Gasteiger partial charge is 0.450 e. The molecule has 0 aliphatic heterocycles. The third-order valence-corrected chi connectivity index (χ3v) is 14.3. The topological polar surface area (TPSA) is 18.1 Å². The Morgan fingerprint density at radius 3 is 1.94 bits per heavy atom. The van der Waals surface area contributed by atoms with Crippen LogP contribution in [0.25, 0.3) is 74.9 Å². The number of aryl methyl sites for hydroxylation is 3. The maximum Gasteiger partial charge on any atom is 0.171 e. The van der Waals surface area contributed by atoms with Crippen LogP contribution in [0.2, 0.25) is 0 Å². The Bertz CT molecular complexity index is 2300. The van der Waals surface area contributed by atoms with Crippen LogP contribution in [0.1, 0.15) is 15.3 Å². The average molecular weight is 562 g/mol. The van der Waals surface area contributed by atoms with Gasteiger partial charge >= 0.3 is 0 Å². The van der Waals surface area contributed by atoms with Gasteiger partial charge in [0, 0.05) is 24.8 Å². The summed E-state index contributed by atoms with van der Waals surface area (Å²) in [6.07, 6.45) is 0. The molecule has 0 amide bonds. The van der Waals surface area contributed by atoms with E-state index < -0.39 is 0 Å². The van der Waals surface area contributed by atoms with E-state index in [1.807, 2.05) is 68.0 Å². The lowest BCUT2D eigenvalue weighted by atomic mass is 10.2. The molecule has 0 radical (unpaired) electrons. The van der Waals surface area contributed by atoms with Gasteiger partial charge in [0.25, 0.3) is 0 Å². The second-order valence-corrected chi connectivity index (χ2v) is 15.8. The molecule has 0 bridgehead atoms. The molecule has 0 aliphatic rings. The van der Waals surface area contributed by atoms with Gasteiger partial charge in [-0.25, -0.2) is 0 Å². The number of hydrogen-bond acceptors (Lipinski definition) is 7. The van der Waals surface area contributed by atoms with Crippen LogP contribution in [0, 0.1) is 20.8 Å².